The largest absolute Gasteiger partial charge is 0.295 e. The van der Waals surface area contributed by atoms with E-state index >= 15 is 0 Å². The topological polar surface area (TPSA) is 65.0 Å². The van der Waals surface area contributed by atoms with Crippen molar-refractivity contribution in [3.05, 3.63) is 24.2 Å². The average molecular weight is 232 g/mol. The molecule has 88 valence electrons. The van der Waals surface area contributed by atoms with Crippen molar-refractivity contribution in [2.24, 2.45) is 4.99 Å². The van der Waals surface area contributed by atoms with Crippen LogP contribution in [0, 0.1) is 0 Å². The van der Waals surface area contributed by atoms with E-state index in [1.807, 2.05) is 28.4 Å². The van der Waals surface area contributed by atoms with Gasteiger partial charge in [-0.3, -0.25) is 19.9 Å². The highest BCUT2D eigenvalue weighted by Gasteiger charge is 2.37. The Balaban J connectivity index is 1.78. The third-order valence-corrected chi connectivity index (χ3v) is 3.06. The molecular formula is C11H12N4O2. The summed E-state index contributed by atoms with van der Waals surface area (Å²) < 4.78 is 0. The van der Waals surface area contributed by atoms with Crippen LogP contribution in [0.3, 0.4) is 0 Å². The predicted molar refractivity (Wildman–Crippen MR) is 60.4 cm³/mol. The summed E-state index contributed by atoms with van der Waals surface area (Å²) in [6.45, 7) is 0.642. The molecule has 3 aliphatic heterocycles. The maximum absolute atomic E-state index is 11.8. The summed E-state index contributed by atoms with van der Waals surface area (Å²) in [5.41, 5.74) is 0. The first-order chi connectivity index (χ1) is 8.25. The van der Waals surface area contributed by atoms with Crippen LogP contribution in [-0.4, -0.2) is 40.6 Å². The van der Waals surface area contributed by atoms with Gasteiger partial charge in [0.2, 0.25) is 11.8 Å². The normalized spacial score (nSPS) is 28.1. The van der Waals surface area contributed by atoms with E-state index in [1.165, 1.54) is 0 Å². The lowest BCUT2D eigenvalue weighted by molar-refractivity contribution is -0.140. The number of carbonyl (C=O) groups excluding carboxylic acids is 2. The summed E-state index contributed by atoms with van der Waals surface area (Å²) in [5.74, 6) is 0.418. The van der Waals surface area contributed by atoms with Gasteiger partial charge in [-0.1, -0.05) is 0 Å². The molecule has 0 bridgehead atoms. The highest BCUT2D eigenvalue weighted by molar-refractivity contribution is 6.00. The quantitative estimate of drug-likeness (QED) is 0.634. The number of hydrazine groups is 1. The van der Waals surface area contributed by atoms with E-state index in [1.54, 1.807) is 6.21 Å². The zero-order valence-electron chi connectivity index (χ0n) is 9.17. The summed E-state index contributed by atoms with van der Waals surface area (Å²) in [6, 6.07) is -0.292. The van der Waals surface area contributed by atoms with Crippen LogP contribution in [0.5, 0.6) is 0 Å². The first kappa shape index (κ1) is 10.2. The molecule has 3 aliphatic rings. The van der Waals surface area contributed by atoms with E-state index in [2.05, 4.69) is 10.3 Å². The number of rotatable bonds is 1. The Labute approximate surface area is 98.3 Å². The highest BCUT2D eigenvalue weighted by atomic mass is 16.2. The molecule has 1 N–H and O–H groups in total. The van der Waals surface area contributed by atoms with Crippen LogP contribution in [0.4, 0.5) is 0 Å². The van der Waals surface area contributed by atoms with E-state index < -0.39 is 0 Å². The summed E-state index contributed by atoms with van der Waals surface area (Å²) in [5, 5.41) is 6.15. The SMILES string of the molecule is O=C1CC[C@H](N2CC=C3N=CC=CN32)C(=O)N1. The molecule has 0 aromatic carbocycles. The molecule has 1 atom stereocenters. The second kappa shape index (κ2) is 3.81. The first-order valence-corrected chi connectivity index (χ1v) is 5.56. The van der Waals surface area contributed by atoms with Gasteiger partial charge in [0.25, 0.3) is 0 Å². The lowest BCUT2D eigenvalue weighted by atomic mass is 10.1. The van der Waals surface area contributed by atoms with Crippen LogP contribution in [0.15, 0.2) is 29.2 Å². The maximum atomic E-state index is 11.8. The zero-order valence-corrected chi connectivity index (χ0v) is 9.17. The maximum Gasteiger partial charge on any atom is 0.245 e. The van der Waals surface area contributed by atoms with Crippen LogP contribution in [0.25, 0.3) is 0 Å². The lowest BCUT2D eigenvalue weighted by Crippen LogP contribution is -2.55. The number of amides is 2. The van der Waals surface area contributed by atoms with E-state index in [4.69, 9.17) is 0 Å². The summed E-state index contributed by atoms with van der Waals surface area (Å²) in [7, 11) is 0. The van der Waals surface area contributed by atoms with Crippen molar-refractivity contribution in [3.8, 4) is 0 Å². The third-order valence-electron chi connectivity index (χ3n) is 3.06. The summed E-state index contributed by atoms with van der Waals surface area (Å²) in [6.07, 6.45) is 8.32. The van der Waals surface area contributed by atoms with Gasteiger partial charge in [-0.2, -0.15) is 5.01 Å². The number of nitrogens with one attached hydrogen (secondary N) is 1. The smallest absolute Gasteiger partial charge is 0.245 e. The Morgan fingerprint density at radius 2 is 2.29 bits per heavy atom. The van der Waals surface area contributed by atoms with Crippen molar-refractivity contribution in [3.63, 3.8) is 0 Å². The Morgan fingerprint density at radius 1 is 1.41 bits per heavy atom. The molecule has 6 heteroatoms. The van der Waals surface area contributed by atoms with Gasteiger partial charge in [0, 0.05) is 25.4 Å². The average Bonchev–Trinajstić information content (AvgIpc) is 2.73. The van der Waals surface area contributed by atoms with E-state index in [-0.39, 0.29) is 17.9 Å². The van der Waals surface area contributed by atoms with Crippen LogP contribution in [0.2, 0.25) is 0 Å². The number of carbonyl (C=O) groups is 2. The second-order valence-corrected chi connectivity index (χ2v) is 4.12. The Kier molecular flexibility index (Phi) is 2.29. The molecule has 3 heterocycles. The van der Waals surface area contributed by atoms with E-state index in [9.17, 15) is 9.59 Å². The molecule has 2 amide bonds. The van der Waals surface area contributed by atoms with Gasteiger partial charge in [-0.05, 0) is 18.6 Å². The van der Waals surface area contributed by atoms with E-state index in [0.717, 1.165) is 5.82 Å². The molecular weight excluding hydrogens is 220 g/mol. The van der Waals surface area contributed by atoms with Crippen LogP contribution in [-0.2, 0) is 9.59 Å². The number of fused-ring (bicyclic) bond motifs is 1. The minimum absolute atomic E-state index is 0.189. The Bertz CT molecular complexity index is 466. The molecule has 0 saturated carbocycles. The number of hydrogen-bond donors (Lipinski definition) is 1. The number of nitrogens with zero attached hydrogens (tertiary/aromatic N) is 3. The van der Waals surface area contributed by atoms with Gasteiger partial charge in [0.1, 0.15) is 11.9 Å². The summed E-state index contributed by atoms with van der Waals surface area (Å²) >= 11 is 0. The standard InChI is InChI=1S/C11H12N4O2/c16-10-3-2-8(11(17)13-10)14-7-4-9-12-5-1-6-15(9)14/h1,4-6,8H,2-3,7H2,(H,13,16,17)/t8-/m0/s1. The van der Waals surface area contributed by atoms with Crippen LogP contribution >= 0.6 is 0 Å². The Morgan fingerprint density at radius 3 is 3.12 bits per heavy atom. The first-order valence-electron chi connectivity index (χ1n) is 5.56. The number of imide groups is 1. The fourth-order valence-corrected chi connectivity index (χ4v) is 2.25. The fourth-order valence-electron chi connectivity index (χ4n) is 2.25. The second-order valence-electron chi connectivity index (χ2n) is 4.12. The molecule has 17 heavy (non-hydrogen) atoms. The van der Waals surface area contributed by atoms with Crippen molar-refractivity contribution in [1.29, 1.82) is 0 Å². The van der Waals surface area contributed by atoms with Gasteiger partial charge in [-0.25, -0.2) is 4.99 Å². The van der Waals surface area contributed by atoms with Gasteiger partial charge >= 0.3 is 0 Å². The highest BCUT2D eigenvalue weighted by Crippen LogP contribution is 2.25. The molecule has 0 aliphatic carbocycles. The van der Waals surface area contributed by atoms with Crippen molar-refractivity contribution in [2.75, 3.05) is 6.54 Å². The molecule has 1 saturated heterocycles. The molecule has 0 spiro atoms. The van der Waals surface area contributed by atoms with E-state index in [0.29, 0.717) is 19.4 Å². The molecule has 1 fully saturated rings. The minimum atomic E-state index is -0.292. The molecule has 6 nitrogen and oxygen atoms in total. The number of hydrogen-bond acceptors (Lipinski definition) is 5. The van der Waals surface area contributed by atoms with Crippen molar-refractivity contribution in [1.82, 2.24) is 15.3 Å². The fraction of sp³-hybridized carbons (Fsp3) is 0.364. The number of aliphatic imine (C=N–C) groups is 1. The molecule has 0 aromatic heterocycles. The minimum Gasteiger partial charge on any atom is -0.295 e. The molecule has 0 aromatic rings. The van der Waals surface area contributed by atoms with Crippen molar-refractivity contribution < 1.29 is 9.59 Å². The number of allylic oxidation sites excluding steroid dienone is 1. The molecule has 0 radical (unpaired) electrons. The van der Waals surface area contributed by atoms with Gasteiger partial charge in [0.15, 0.2) is 0 Å². The monoisotopic (exact) mass is 232 g/mol. The Hall–Kier alpha value is -1.95. The lowest BCUT2D eigenvalue weighted by Gasteiger charge is -2.36. The zero-order chi connectivity index (χ0) is 11.8. The van der Waals surface area contributed by atoms with Crippen LogP contribution in [0.1, 0.15) is 12.8 Å². The van der Waals surface area contributed by atoms with Gasteiger partial charge < -0.3 is 0 Å². The molecule has 3 rings (SSSR count). The van der Waals surface area contributed by atoms with Gasteiger partial charge in [-0.15, -0.1) is 0 Å². The van der Waals surface area contributed by atoms with Gasteiger partial charge in [0.05, 0.1) is 0 Å². The predicted octanol–water partition coefficient (Wildman–Crippen LogP) is -0.236. The number of piperidine rings is 1. The third kappa shape index (κ3) is 1.66. The van der Waals surface area contributed by atoms with Crippen molar-refractivity contribution in [2.45, 2.75) is 18.9 Å². The van der Waals surface area contributed by atoms with Crippen molar-refractivity contribution >= 4 is 18.0 Å². The van der Waals surface area contributed by atoms with Crippen LogP contribution < -0.4 is 5.32 Å². The summed E-state index contributed by atoms with van der Waals surface area (Å²) in [4.78, 5) is 27.1. The molecule has 0 unspecified atom stereocenters.